The van der Waals surface area contributed by atoms with Gasteiger partial charge in [0.25, 0.3) is 0 Å². The van der Waals surface area contributed by atoms with Crippen LogP contribution in [0, 0.1) is 5.92 Å². The molecule has 14 heavy (non-hydrogen) atoms. The van der Waals surface area contributed by atoms with Crippen LogP contribution in [0.3, 0.4) is 0 Å². The lowest BCUT2D eigenvalue weighted by Crippen LogP contribution is -2.37. The first kappa shape index (κ1) is 9.81. The monoisotopic (exact) mass is 211 g/mol. The Kier molecular flexibility index (Phi) is 2.94. The second-order valence-corrected chi connectivity index (χ2v) is 4.20. The summed E-state index contributed by atoms with van der Waals surface area (Å²) in [7, 11) is 0. The van der Waals surface area contributed by atoms with Crippen molar-refractivity contribution in [1.82, 2.24) is 0 Å². The van der Waals surface area contributed by atoms with Crippen molar-refractivity contribution in [1.29, 1.82) is 0 Å². The van der Waals surface area contributed by atoms with E-state index in [0.29, 0.717) is 12.0 Å². The Balaban J connectivity index is 1.84. The second kappa shape index (κ2) is 4.20. The summed E-state index contributed by atoms with van der Waals surface area (Å²) in [5.41, 5.74) is 5.54. The number of halogens is 1. The van der Waals surface area contributed by atoms with Crippen LogP contribution in [-0.4, -0.2) is 12.6 Å². The van der Waals surface area contributed by atoms with Gasteiger partial charge in [-0.15, -0.1) is 0 Å². The molecule has 0 radical (unpaired) electrons. The molecule has 1 saturated carbocycles. The highest BCUT2D eigenvalue weighted by molar-refractivity contribution is 6.30. The summed E-state index contributed by atoms with van der Waals surface area (Å²) in [4.78, 5) is 0. The van der Waals surface area contributed by atoms with Gasteiger partial charge in [0.1, 0.15) is 5.75 Å². The van der Waals surface area contributed by atoms with Crippen LogP contribution < -0.4 is 10.5 Å². The van der Waals surface area contributed by atoms with Crippen molar-refractivity contribution in [3.8, 4) is 5.75 Å². The largest absolute Gasteiger partial charge is 0.490 e. The van der Waals surface area contributed by atoms with Crippen LogP contribution in [0.25, 0.3) is 0 Å². The Bertz CT molecular complexity index is 293. The molecule has 0 spiro atoms. The van der Waals surface area contributed by atoms with Crippen LogP contribution in [0.1, 0.15) is 12.8 Å². The van der Waals surface area contributed by atoms with Crippen molar-refractivity contribution in [3.05, 3.63) is 29.3 Å². The van der Waals surface area contributed by atoms with Crippen LogP contribution in [0.2, 0.25) is 5.02 Å². The molecule has 3 heteroatoms. The van der Waals surface area contributed by atoms with E-state index in [4.69, 9.17) is 22.1 Å². The molecule has 0 saturated heterocycles. The van der Waals surface area contributed by atoms with Crippen molar-refractivity contribution in [2.75, 3.05) is 6.54 Å². The van der Waals surface area contributed by atoms with E-state index in [1.165, 1.54) is 0 Å². The third kappa shape index (κ3) is 2.20. The third-order valence-electron chi connectivity index (χ3n) is 2.64. The van der Waals surface area contributed by atoms with Gasteiger partial charge in [-0.2, -0.15) is 0 Å². The fourth-order valence-electron chi connectivity index (χ4n) is 1.67. The van der Waals surface area contributed by atoms with Gasteiger partial charge in [-0.3, -0.25) is 0 Å². The number of benzene rings is 1. The number of nitrogens with two attached hydrogens (primary N) is 1. The zero-order chi connectivity index (χ0) is 9.97. The molecule has 0 aromatic heterocycles. The first-order valence-electron chi connectivity index (χ1n) is 4.90. The molecule has 0 unspecified atom stereocenters. The highest BCUT2D eigenvalue weighted by atomic mass is 35.5. The Morgan fingerprint density at radius 2 is 1.93 bits per heavy atom. The molecule has 76 valence electrons. The lowest BCUT2D eigenvalue weighted by Gasteiger charge is -2.34. The van der Waals surface area contributed by atoms with Crippen molar-refractivity contribution >= 4 is 11.6 Å². The van der Waals surface area contributed by atoms with Gasteiger partial charge in [0.05, 0.1) is 6.10 Å². The predicted molar refractivity (Wildman–Crippen MR) is 57.6 cm³/mol. The molecule has 1 fully saturated rings. The van der Waals surface area contributed by atoms with Gasteiger partial charge >= 0.3 is 0 Å². The highest BCUT2D eigenvalue weighted by Gasteiger charge is 2.29. The maximum atomic E-state index is 5.77. The van der Waals surface area contributed by atoms with Gasteiger partial charge in [-0.05, 0) is 49.6 Å². The second-order valence-electron chi connectivity index (χ2n) is 3.77. The van der Waals surface area contributed by atoms with Crippen molar-refractivity contribution in [2.45, 2.75) is 18.9 Å². The summed E-state index contributed by atoms with van der Waals surface area (Å²) in [6.07, 6.45) is 2.52. The Morgan fingerprint density at radius 3 is 2.50 bits per heavy atom. The third-order valence-corrected chi connectivity index (χ3v) is 2.89. The molecule has 0 atom stereocenters. The number of hydrogen-bond donors (Lipinski definition) is 1. The van der Waals surface area contributed by atoms with Crippen LogP contribution >= 0.6 is 11.6 Å². The molecular formula is C11H14ClNO. The quantitative estimate of drug-likeness (QED) is 0.834. The number of rotatable bonds is 3. The van der Waals surface area contributed by atoms with Gasteiger partial charge in [0.15, 0.2) is 0 Å². The zero-order valence-electron chi connectivity index (χ0n) is 7.95. The van der Waals surface area contributed by atoms with Crippen LogP contribution in [0.5, 0.6) is 5.75 Å². The van der Waals surface area contributed by atoms with Crippen LogP contribution in [-0.2, 0) is 0 Å². The first-order chi connectivity index (χ1) is 6.78. The fraction of sp³-hybridized carbons (Fsp3) is 0.455. The highest BCUT2D eigenvalue weighted by Crippen LogP contribution is 2.30. The summed E-state index contributed by atoms with van der Waals surface area (Å²) in [5, 5.41) is 0.741. The Morgan fingerprint density at radius 1 is 1.29 bits per heavy atom. The SMILES string of the molecule is NC[C@H]1C[C@H](Oc2ccc(Cl)cc2)C1. The molecule has 1 aromatic carbocycles. The molecular weight excluding hydrogens is 198 g/mol. The lowest BCUT2D eigenvalue weighted by atomic mass is 9.82. The lowest BCUT2D eigenvalue weighted by molar-refractivity contribution is 0.0690. The van der Waals surface area contributed by atoms with Gasteiger partial charge in [0, 0.05) is 5.02 Å². The average Bonchev–Trinajstić information content (AvgIpc) is 2.13. The topological polar surface area (TPSA) is 35.2 Å². The fourth-order valence-corrected chi connectivity index (χ4v) is 1.79. The van der Waals surface area contributed by atoms with Crippen molar-refractivity contribution in [2.24, 2.45) is 11.7 Å². The zero-order valence-corrected chi connectivity index (χ0v) is 8.70. The first-order valence-corrected chi connectivity index (χ1v) is 5.28. The molecule has 2 nitrogen and oxygen atoms in total. The smallest absolute Gasteiger partial charge is 0.119 e. The van der Waals surface area contributed by atoms with E-state index in [9.17, 15) is 0 Å². The van der Waals surface area contributed by atoms with E-state index >= 15 is 0 Å². The van der Waals surface area contributed by atoms with Gasteiger partial charge in [0.2, 0.25) is 0 Å². The van der Waals surface area contributed by atoms with Crippen LogP contribution in [0.4, 0.5) is 0 Å². The van der Waals surface area contributed by atoms with Gasteiger partial charge < -0.3 is 10.5 Å². The average molecular weight is 212 g/mol. The maximum absolute atomic E-state index is 5.77. The van der Waals surface area contributed by atoms with E-state index in [1.807, 2.05) is 24.3 Å². The summed E-state index contributed by atoms with van der Waals surface area (Å²) in [5.74, 6) is 1.56. The maximum Gasteiger partial charge on any atom is 0.119 e. The summed E-state index contributed by atoms with van der Waals surface area (Å²) in [6.45, 7) is 0.778. The molecule has 0 amide bonds. The molecule has 2 N–H and O–H groups in total. The molecule has 2 rings (SSSR count). The van der Waals surface area contributed by atoms with Crippen LogP contribution in [0.15, 0.2) is 24.3 Å². The molecule has 0 heterocycles. The molecule has 1 aliphatic carbocycles. The van der Waals surface area contributed by atoms with E-state index in [2.05, 4.69) is 0 Å². The number of hydrogen-bond acceptors (Lipinski definition) is 2. The number of ether oxygens (including phenoxy) is 1. The Hall–Kier alpha value is -0.730. The summed E-state index contributed by atoms with van der Waals surface area (Å²) < 4.78 is 5.72. The minimum absolute atomic E-state index is 0.352. The minimum Gasteiger partial charge on any atom is -0.490 e. The summed E-state index contributed by atoms with van der Waals surface area (Å²) >= 11 is 5.77. The van der Waals surface area contributed by atoms with E-state index in [0.717, 1.165) is 30.2 Å². The Labute approximate surface area is 89.0 Å². The molecule has 1 aliphatic rings. The van der Waals surface area contributed by atoms with E-state index < -0.39 is 0 Å². The standard InChI is InChI=1S/C11H14ClNO/c12-9-1-3-10(4-2-9)14-11-5-8(6-11)7-13/h1-4,8,11H,5-7,13H2/t8-,11-. The van der Waals surface area contributed by atoms with Gasteiger partial charge in [-0.1, -0.05) is 11.6 Å². The molecule has 1 aromatic rings. The normalized spacial score (nSPS) is 25.6. The molecule has 0 aliphatic heterocycles. The van der Waals surface area contributed by atoms with E-state index in [-0.39, 0.29) is 0 Å². The summed E-state index contributed by atoms with van der Waals surface area (Å²) in [6, 6.07) is 7.49. The van der Waals surface area contributed by atoms with Crippen molar-refractivity contribution < 1.29 is 4.74 Å². The predicted octanol–water partition coefficient (Wildman–Crippen LogP) is 2.46. The molecule has 0 bridgehead atoms. The minimum atomic E-state index is 0.352. The van der Waals surface area contributed by atoms with Gasteiger partial charge in [-0.25, -0.2) is 0 Å². The van der Waals surface area contributed by atoms with E-state index in [1.54, 1.807) is 0 Å². The van der Waals surface area contributed by atoms with Crippen molar-refractivity contribution in [3.63, 3.8) is 0 Å².